The average Bonchev–Trinajstić information content (AvgIpc) is 2.28. The zero-order chi connectivity index (χ0) is 12.3. The summed E-state index contributed by atoms with van der Waals surface area (Å²) in [4.78, 5) is 4.47. The molecule has 4 heteroatoms. The number of nitrogens with one attached hydrogen (secondary N) is 2. The Morgan fingerprint density at radius 3 is 2.88 bits per heavy atom. The first-order valence-corrected chi connectivity index (χ1v) is 6.06. The van der Waals surface area contributed by atoms with Gasteiger partial charge in [-0.05, 0) is 31.4 Å². The predicted octanol–water partition coefficient (Wildman–Crippen LogP) is 1.14. The Morgan fingerprint density at radius 2 is 2.24 bits per heavy atom. The van der Waals surface area contributed by atoms with Crippen molar-refractivity contribution in [2.75, 3.05) is 6.54 Å². The van der Waals surface area contributed by atoms with E-state index >= 15 is 0 Å². The van der Waals surface area contributed by atoms with Crippen LogP contribution in [-0.2, 0) is 6.42 Å². The van der Waals surface area contributed by atoms with Crippen molar-refractivity contribution in [2.24, 2.45) is 10.8 Å². The van der Waals surface area contributed by atoms with Crippen molar-refractivity contribution in [3.8, 4) is 0 Å². The molecule has 92 valence electrons. The molecular weight excluding hydrogens is 212 g/mol. The summed E-state index contributed by atoms with van der Waals surface area (Å²) in [6.07, 6.45) is 1.12. The van der Waals surface area contributed by atoms with Crippen molar-refractivity contribution >= 4 is 5.96 Å². The van der Waals surface area contributed by atoms with Gasteiger partial charge in [-0.1, -0.05) is 24.3 Å². The number of aliphatic imine (C=N–C) groups is 1. The second kappa shape index (κ2) is 5.19. The van der Waals surface area contributed by atoms with E-state index in [0.717, 1.165) is 13.0 Å². The topological polar surface area (TPSA) is 62.4 Å². The quantitative estimate of drug-likeness (QED) is 0.317. The van der Waals surface area contributed by atoms with E-state index in [1.54, 1.807) is 0 Å². The van der Waals surface area contributed by atoms with Gasteiger partial charge in [0.15, 0.2) is 0 Å². The fourth-order valence-corrected chi connectivity index (χ4v) is 2.13. The van der Waals surface area contributed by atoms with Crippen LogP contribution in [0.4, 0.5) is 0 Å². The molecule has 1 aliphatic rings. The Labute approximate surface area is 102 Å². The van der Waals surface area contributed by atoms with Crippen LogP contribution in [0.3, 0.4) is 0 Å². The summed E-state index contributed by atoms with van der Waals surface area (Å²) in [6.45, 7) is 4.91. The van der Waals surface area contributed by atoms with Gasteiger partial charge < -0.3 is 5.32 Å². The van der Waals surface area contributed by atoms with Gasteiger partial charge >= 0.3 is 0 Å². The van der Waals surface area contributed by atoms with Gasteiger partial charge in [0.05, 0.1) is 0 Å². The summed E-state index contributed by atoms with van der Waals surface area (Å²) < 4.78 is 0. The van der Waals surface area contributed by atoms with Crippen molar-refractivity contribution < 1.29 is 0 Å². The maximum atomic E-state index is 5.42. The number of nitrogens with two attached hydrogens (primary N) is 1. The third-order valence-electron chi connectivity index (χ3n) is 2.99. The summed E-state index contributed by atoms with van der Waals surface area (Å²) in [5.74, 6) is 6.63. The molecule has 1 aromatic rings. The Kier molecular flexibility index (Phi) is 3.64. The summed E-state index contributed by atoms with van der Waals surface area (Å²) >= 11 is 0. The van der Waals surface area contributed by atoms with Gasteiger partial charge in [-0.15, -0.1) is 0 Å². The van der Waals surface area contributed by atoms with Gasteiger partial charge in [-0.2, -0.15) is 0 Å². The lowest BCUT2D eigenvalue weighted by Gasteiger charge is -2.28. The number of nitrogens with zero attached hydrogens (tertiary/aromatic N) is 1. The smallest absolute Gasteiger partial charge is 0.205 e. The Hall–Kier alpha value is -1.55. The minimum absolute atomic E-state index is 0.332. The van der Waals surface area contributed by atoms with Crippen LogP contribution in [0.5, 0.6) is 0 Å². The lowest BCUT2D eigenvalue weighted by atomic mass is 9.78. The monoisotopic (exact) mass is 232 g/mol. The highest BCUT2D eigenvalue weighted by Gasteiger charge is 2.24. The molecular formula is C13H20N4. The summed E-state index contributed by atoms with van der Waals surface area (Å²) in [5, 5.41) is 3.17. The number of benzene rings is 1. The minimum Gasteiger partial charge on any atom is -0.353 e. The first-order chi connectivity index (χ1) is 8.20. The van der Waals surface area contributed by atoms with Crippen LogP contribution in [0.25, 0.3) is 0 Å². The van der Waals surface area contributed by atoms with Gasteiger partial charge in [0.1, 0.15) is 0 Å². The Morgan fingerprint density at radius 1 is 1.47 bits per heavy atom. The standard InChI is InChI=1S/C13H20N4/c1-9(2)16-13(17-14)15-8-11-7-10-5-3-4-6-12(10)11/h3-6,9,11H,7-8,14H2,1-2H3,(H2,15,16,17). The molecule has 0 radical (unpaired) electrons. The highest BCUT2D eigenvalue weighted by molar-refractivity contribution is 5.79. The number of guanidine groups is 1. The molecule has 0 aliphatic heterocycles. The maximum absolute atomic E-state index is 5.42. The third-order valence-corrected chi connectivity index (χ3v) is 2.99. The molecule has 0 fully saturated rings. The van der Waals surface area contributed by atoms with E-state index in [9.17, 15) is 0 Å². The van der Waals surface area contributed by atoms with E-state index in [4.69, 9.17) is 5.84 Å². The largest absolute Gasteiger partial charge is 0.353 e. The van der Waals surface area contributed by atoms with Crippen LogP contribution in [0.15, 0.2) is 29.3 Å². The summed E-state index contributed by atoms with van der Waals surface area (Å²) in [7, 11) is 0. The highest BCUT2D eigenvalue weighted by atomic mass is 15.3. The molecule has 1 aromatic carbocycles. The van der Waals surface area contributed by atoms with Gasteiger partial charge in [0, 0.05) is 18.5 Å². The minimum atomic E-state index is 0.332. The number of fused-ring (bicyclic) bond motifs is 1. The second-order valence-corrected chi connectivity index (χ2v) is 4.73. The molecule has 1 atom stereocenters. The molecule has 0 spiro atoms. The molecule has 2 rings (SSSR count). The van der Waals surface area contributed by atoms with Crippen LogP contribution in [-0.4, -0.2) is 18.5 Å². The zero-order valence-electron chi connectivity index (χ0n) is 10.4. The van der Waals surface area contributed by atoms with Gasteiger partial charge in [0.2, 0.25) is 5.96 Å². The third kappa shape index (κ3) is 2.77. The number of rotatable bonds is 3. The Bertz CT molecular complexity index is 412. The lowest BCUT2D eigenvalue weighted by molar-refractivity contribution is 0.611. The molecule has 4 N–H and O–H groups in total. The molecule has 0 amide bonds. The van der Waals surface area contributed by atoms with E-state index in [0.29, 0.717) is 17.9 Å². The van der Waals surface area contributed by atoms with Crippen LogP contribution in [0, 0.1) is 0 Å². The fourth-order valence-electron chi connectivity index (χ4n) is 2.13. The van der Waals surface area contributed by atoms with E-state index in [2.05, 4.69) is 53.8 Å². The first kappa shape index (κ1) is 11.9. The molecule has 1 aliphatic carbocycles. The molecule has 17 heavy (non-hydrogen) atoms. The molecule has 0 saturated heterocycles. The van der Waals surface area contributed by atoms with Gasteiger partial charge in [-0.3, -0.25) is 10.4 Å². The van der Waals surface area contributed by atoms with Crippen molar-refractivity contribution in [3.05, 3.63) is 35.4 Å². The van der Waals surface area contributed by atoms with Gasteiger partial charge in [-0.25, -0.2) is 5.84 Å². The molecule has 0 aromatic heterocycles. The zero-order valence-corrected chi connectivity index (χ0v) is 10.4. The van der Waals surface area contributed by atoms with E-state index in [1.165, 1.54) is 11.1 Å². The lowest BCUT2D eigenvalue weighted by Crippen LogP contribution is -2.45. The summed E-state index contributed by atoms with van der Waals surface area (Å²) in [5.41, 5.74) is 5.48. The van der Waals surface area contributed by atoms with Crippen LogP contribution >= 0.6 is 0 Å². The van der Waals surface area contributed by atoms with Crippen molar-refractivity contribution in [2.45, 2.75) is 32.2 Å². The van der Waals surface area contributed by atoms with Crippen LogP contribution in [0.2, 0.25) is 0 Å². The van der Waals surface area contributed by atoms with E-state index in [1.807, 2.05) is 0 Å². The number of hydrogen-bond donors (Lipinski definition) is 3. The number of hydrogen-bond acceptors (Lipinski definition) is 2. The maximum Gasteiger partial charge on any atom is 0.205 e. The summed E-state index contributed by atoms with van der Waals surface area (Å²) in [6, 6.07) is 8.88. The van der Waals surface area contributed by atoms with E-state index < -0.39 is 0 Å². The molecule has 0 heterocycles. The first-order valence-electron chi connectivity index (χ1n) is 6.06. The molecule has 0 bridgehead atoms. The normalized spacial score (nSPS) is 18.6. The van der Waals surface area contributed by atoms with Crippen molar-refractivity contribution in [3.63, 3.8) is 0 Å². The van der Waals surface area contributed by atoms with Crippen LogP contribution < -0.4 is 16.6 Å². The molecule has 1 unspecified atom stereocenters. The fraction of sp³-hybridized carbons (Fsp3) is 0.462. The SMILES string of the molecule is CC(C)NC(=NCC1Cc2ccccc21)NN. The van der Waals surface area contributed by atoms with Crippen LogP contribution in [0.1, 0.15) is 30.9 Å². The van der Waals surface area contributed by atoms with Crippen molar-refractivity contribution in [1.82, 2.24) is 10.7 Å². The van der Waals surface area contributed by atoms with Gasteiger partial charge in [0.25, 0.3) is 0 Å². The average molecular weight is 232 g/mol. The second-order valence-electron chi connectivity index (χ2n) is 4.73. The molecule has 4 nitrogen and oxygen atoms in total. The molecule has 0 saturated carbocycles. The Balaban J connectivity index is 1.93. The number of hydrazine groups is 1. The highest BCUT2D eigenvalue weighted by Crippen LogP contribution is 2.34. The predicted molar refractivity (Wildman–Crippen MR) is 70.8 cm³/mol. The van der Waals surface area contributed by atoms with E-state index in [-0.39, 0.29) is 0 Å². The van der Waals surface area contributed by atoms with Crippen molar-refractivity contribution in [1.29, 1.82) is 0 Å².